The summed E-state index contributed by atoms with van der Waals surface area (Å²) in [6, 6.07) is 11.8. The lowest BCUT2D eigenvalue weighted by molar-refractivity contribution is 0.0730. The number of benzene rings is 2. The average Bonchev–Trinajstić information content (AvgIpc) is 2.74. The van der Waals surface area contributed by atoms with Crippen LogP contribution in [0.5, 0.6) is 11.5 Å². The van der Waals surface area contributed by atoms with Crippen LogP contribution >= 0.6 is 12.2 Å². The van der Waals surface area contributed by atoms with Crippen molar-refractivity contribution in [3.8, 4) is 11.5 Å². The molecular formula is C19H23N3O5S2. The van der Waals surface area contributed by atoms with E-state index in [4.69, 9.17) is 26.4 Å². The summed E-state index contributed by atoms with van der Waals surface area (Å²) < 4.78 is 42.9. The highest BCUT2D eigenvalue weighted by Crippen LogP contribution is 2.29. The van der Waals surface area contributed by atoms with Gasteiger partial charge >= 0.3 is 0 Å². The first-order valence-electron chi connectivity index (χ1n) is 8.92. The zero-order valence-corrected chi connectivity index (χ0v) is 17.8. The summed E-state index contributed by atoms with van der Waals surface area (Å²) in [6.45, 7) is 1.48. The van der Waals surface area contributed by atoms with E-state index in [1.54, 1.807) is 56.7 Å². The maximum absolute atomic E-state index is 12.8. The van der Waals surface area contributed by atoms with Gasteiger partial charge in [0.25, 0.3) is 0 Å². The van der Waals surface area contributed by atoms with Crippen molar-refractivity contribution in [1.82, 2.24) is 4.31 Å². The maximum Gasteiger partial charge on any atom is 0.243 e. The number of thiocarbonyl (C=S) groups is 1. The monoisotopic (exact) mass is 437 g/mol. The molecule has 0 atom stereocenters. The highest BCUT2D eigenvalue weighted by atomic mass is 32.2. The third-order valence-corrected chi connectivity index (χ3v) is 6.45. The molecule has 8 nitrogen and oxygen atoms in total. The zero-order valence-electron chi connectivity index (χ0n) is 16.2. The van der Waals surface area contributed by atoms with Crippen molar-refractivity contribution in [2.45, 2.75) is 4.90 Å². The molecule has 2 N–H and O–H groups in total. The van der Waals surface area contributed by atoms with Crippen LogP contribution in [0.4, 0.5) is 11.4 Å². The number of sulfonamides is 1. The van der Waals surface area contributed by atoms with Gasteiger partial charge in [-0.25, -0.2) is 8.42 Å². The topological polar surface area (TPSA) is 89.1 Å². The minimum absolute atomic E-state index is 0.200. The molecule has 1 aliphatic heterocycles. The van der Waals surface area contributed by atoms with E-state index in [1.165, 1.54) is 4.31 Å². The van der Waals surface area contributed by atoms with Gasteiger partial charge in [-0.2, -0.15) is 4.31 Å². The molecule has 2 aromatic carbocycles. The smallest absolute Gasteiger partial charge is 0.243 e. The molecule has 0 aromatic heterocycles. The number of rotatable bonds is 6. The van der Waals surface area contributed by atoms with Crippen molar-refractivity contribution in [2.75, 3.05) is 51.2 Å². The Morgan fingerprint density at radius 3 is 2.52 bits per heavy atom. The number of nitrogens with one attached hydrogen (secondary N) is 2. The van der Waals surface area contributed by atoms with E-state index < -0.39 is 10.0 Å². The molecule has 1 fully saturated rings. The summed E-state index contributed by atoms with van der Waals surface area (Å²) in [4.78, 5) is 0.200. The number of hydrogen-bond donors (Lipinski definition) is 2. The van der Waals surface area contributed by atoms with Crippen LogP contribution in [-0.2, 0) is 14.8 Å². The number of morpholine rings is 1. The van der Waals surface area contributed by atoms with E-state index in [9.17, 15) is 8.42 Å². The van der Waals surface area contributed by atoms with Crippen molar-refractivity contribution in [3.63, 3.8) is 0 Å². The van der Waals surface area contributed by atoms with Crippen LogP contribution < -0.4 is 20.1 Å². The number of hydrogen-bond acceptors (Lipinski definition) is 6. The van der Waals surface area contributed by atoms with Crippen molar-refractivity contribution in [3.05, 3.63) is 42.5 Å². The molecule has 0 aliphatic carbocycles. The first-order valence-corrected chi connectivity index (χ1v) is 10.8. The molecule has 0 unspecified atom stereocenters. The van der Waals surface area contributed by atoms with E-state index >= 15 is 0 Å². The van der Waals surface area contributed by atoms with Gasteiger partial charge in [0.2, 0.25) is 10.0 Å². The van der Waals surface area contributed by atoms with Gasteiger partial charge in [-0.1, -0.05) is 6.07 Å². The van der Waals surface area contributed by atoms with Crippen molar-refractivity contribution in [1.29, 1.82) is 0 Å². The third-order valence-electron chi connectivity index (χ3n) is 4.35. The SMILES string of the molecule is COc1ccc(OC)c(NC(=S)Nc2cccc(S(=O)(=O)N3CCOCC3)c2)c1. The minimum atomic E-state index is -3.59. The van der Waals surface area contributed by atoms with Crippen LogP contribution in [0.3, 0.4) is 0 Å². The number of ether oxygens (including phenoxy) is 3. The Labute approximate surface area is 175 Å². The fourth-order valence-electron chi connectivity index (χ4n) is 2.87. The third kappa shape index (κ3) is 5.15. The molecule has 156 valence electrons. The zero-order chi connectivity index (χ0) is 20.9. The van der Waals surface area contributed by atoms with Crippen LogP contribution in [0, 0.1) is 0 Å². The number of nitrogens with zero attached hydrogens (tertiary/aromatic N) is 1. The number of methoxy groups -OCH3 is 2. The van der Waals surface area contributed by atoms with Gasteiger partial charge in [-0.3, -0.25) is 0 Å². The van der Waals surface area contributed by atoms with Gasteiger partial charge in [-0.15, -0.1) is 0 Å². The molecule has 3 rings (SSSR count). The minimum Gasteiger partial charge on any atom is -0.497 e. The van der Waals surface area contributed by atoms with Gasteiger partial charge in [0.1, 0.15) is 11.5 Å². The second kappa shape index (κ2) is 9.40. The lowest BCUT2D eigenvalue weighted by atomic mass is 10.2. The molecule has 0 radical (unpaired) electrons. The first-order chi connectivity index (χ1) is 13.9. The summed E-state index contributed by atoms with van der Waals surface area (Å²) in [5, 5.41) is 6.35. The fraction of sp³-hybridized carbons (Fsp3) is 0.316. The largest absolute Gasteiger partial charge is 0.497 e. The second-order valence-electron chi connectivity index (χ2n) is 6.19. The van der Waals surface area contributed by atoms with Crippen molar-refractivity contribution >= 4 is 38.7 Å². The Morgan fingerprint density at radius 1 is 1.07 bits per heavy atom. The van der Waals surface area contributed by atoms with Gasteiger partial charge in [0.05, 0.1) is 38.0 Å². The molecule has 29 heavy (non-hydrogen) atoms. The molecule has 1 aliphatic rings. The van der Waals surface area contributed by atoms with E-state index in [2.05, 4.69) is 10.6 Å². The quantitative estimate of drug-likeness (QED) is 0.667. The standard InChI is InChI=1S/C19H23N3O5S2/c1-25-15-6-7-18(26-2)17(13-15)21-19(28)20-14-4-3-5-16(12-14)29(23,24)22-8-10-27-11-9-22/h3-7,12-13H,8-11H2,1-2H3,(H2,20,21,28). The predicted octanol–water partition coefficient (Wildman–Crippen LogP) is 2.53. The predicted molar refractivity (Wildman–Crippen MR) is 115 cm³/mol. The molecule has 1 saturated heterocycles. The Balaban J connectivity index is 1.74. The molecule has 2 aromatic rings. The van der Waals surface area contributed by atoms with E-state index in [0.29, 0.717) is 49.2 Å². The number of anilines is 2. The van der Waals surface area contributed by atoms with Gasteiger partial charge in [-0.05, 0) is 42.5 Å². The van der Waals surface area contributed by atoms with Gasteiger partial charge < -0.3 is 24.8 Å². The molecule has 0 bridgehead atoms. The highest BCUT2D eigenvalue weighted by Gasteiger charge is 2.26. The first kappa shape index (κ1) is 21.3. The summed E-state index contributed by atoms with van der Waals surface area (Å²) in [5.74, 6) is 1.24. The summed E-state index contributed by atoms with van der Waals surface area (Å²) in [7, 11) is -0.455. The summed E-state index contributed by atoms with van der Waals surface area (Å²) >= 11 is 5.37. The van der Waals surface area contributed by atoms with Crippen LogP contribution in [0.1, 0.15) is 0 Å². The Morgan fingerprint density at radius 2 is 1.83 bits per heavy atom. The second-order valence-corrected chi connectivity index (χ2v) is 8.54. The van der Waals surface area contributed by atoms with E-state index in [-0.39, 0.29) is 10.0 Å². The van der Waals surface area contributed by atoms with Gasteiger partial charge in [0.15, 0.2) is 5.11 Å². The molecule has 0 spiro atoms. The van der Waals surface area contributed by atoms with Crippen LogP contribution in [-0.4, -0.2) is 58.4 Å². The van der Waals surface area contributed by atoms with Crippen LogP contribution in [0.25, 0.3) is 0 Å². The maximum atomic E-state index is 12.8. The van der Waals surface area contributed by atoms with E-state index in [0.717, 1.165) is 0 Å². The van der Waals surface area contributed by atoms with E-state index in [1.807, 2.05) is 0 Å². The normalized spacial score (nSPS) is 14.8. The summed E-state index contributed by atoms with van der Waals surface area (Å²) in [6.07, 6.45) is 0. The molecule has 1 heterocycles. The molecule has 10 heteroatoms. The lowest BCUT2D eigenvalue weighted by Gasteiger charge is -2.26. The lowest BCUT2D eigenvalue weighted by Crippen LogP contribution is -2.40. The highest BCUT2D eigenvalue weighted by molar-refractivity contribution is 7.89. The Hall–Kier alpha value is -2.40. The van der Waals surface area contributed by atoms with Crippen LogP contribution in [0.2, 0.25) is 0 Å². The van der Waals surface area contributed by atoms with Crippen molar-refractivity contribution < 1.29 is 22.6 Å². The molecular weight excluding hydrogens is 414 g/mol. The fourth-order valence-corrected chi connectivity index (χ4v) is 4.55. The van der Waals surface area contributed by atoms with Crippen LogP contribution in [0.15, 0.2) is 47.4 Å². The molecule has 0 saturated carbocycles. The Bertz CT molecular complexity index is 976. The molecule has 0 amide bonds. The van der Waals surface area contributed by atoms with Crippen molar-refractivity contribution in [2.24, 2.45) is 0 Å². The Kier molecular flexibility index (Phi) is 6.91. The summed E-state index contributed by atoms with van der Waals surface area (Å²) in [5.41, 5.74) is 1.18. The van der Waals surface area contributed by atoms with Gasteiger partial charge in [0, 0.05) is 24.8 Å². The average molecular weight is 438 g/mol.